The van der Waals surface area contributed by atoms with Gasteiger partial charge < -0.3 is 14.5 Å². The van der Waals surface area contributed by atoms with Gasteiger partial charge in [0, 0.05) is 39.3 Å². The zero-order chi connectivity index (χ0) is 26.3. The molecule has 0 radical (unpaired) electrons. The second kappa shape index (κ2) is 9.81. The Bertz CT molecular complexity index is 1120. The van der Waals surface area contributed by atoms with Crippen LogP contribution < -0.4 is 0 Å². The van der Waals surface area contributed by atoms with Gasteiger partial charge in [0.25, 0.3) is 0 Å². The molecule has 0 saturated carbocycles. The minimum Gasteiger partial charge on any atom is -0.444 e. The molecule has 0 N–H and O–H groups in total. The van der Waals surface area contributed by atoms with Gasteiger partial charge >= 0.3 is 6.09 Å². The topological polar surface area (TPSA) is 53.1 Å². The number of rotatable bonds is 4. The summed E-state index contributed by atoms with van der Waals surface area (Å²) >= 11 is 0. The molecule has 8 heteroatoms. The lowest BCUT2D eigenvalue weighted by Crippen LogP contribution is -2.61. The number of aryl methyl sites for hydroxylation is 1. The van der Waals surface area contributed by atoms with E-state index < -0.39 is 28.8 Å². The molecule has 1 heterocycles. The zero-order valence-corrected chi connectivity index (χ0v) is 21.7. The molecular formula is C28H35F2N3O3. The molecule has 4 rings (SSSR count). The van der Waals surface area contributed by atoms with E-state index in [0.29, 0.717) is 38.2 Å². The molecule has 2 atom stereocenters. The SMILES string of the molecule is CC(c1cc(F)cc(F)c1)N(C)C(=O)[C@]1(N2CCN(C(=O)OC(C)(C)C)CC2)CCc2ccccc21. The summed E-state index contributed by atoms with van der Waals surface area (Å²) in [5.74, 6) is -1.45. The molecule has 2 aliphatic rings. The highest BCUT2D eigenvalue weighted by Crippen LogP contribution is 2.44. The number of carbonyl (C=O) groups excluding carboxylic acids is 2. The number of nitrogens with zero attached hydrogens (tertiary/aromatic N) is 3. The third-order valence-corrected chi connectivity index (χ3v) is 7.31. The molecule has 1 aliphatic carbocycles. The van der Waals surface area contributed by atoms with E-state index in [1.165, 1.54) is 12.1 Å². The molecule has 0 bridgehead atoms. The fourth-order valence-corrected chi connectivity index (χ4v) is 5.38. The van der Waals surface area contributed by atoms with Gasteiger partial charge in [-0.25, -0.2) is 13.6 Å². The first kappa shape index (κ1) is 26.1. The summed E-state index contributed by atoms with van der Waals surface area (Å²) < 4.78 is 33.4. The van der Waals surface area contributed by atoms with E-state index in [9.17, 15) is 18.4 Å². The Hall–Kier alpha value is -3.00. The second-order valence-corrected chi connectivity index (χ2v) is 10.8. The molecule has 194 valence electrons. The van der Waals surface area contributed by atoms with Crippen molar-refractivity contribution in [3.05, 3.63) is 70.8 Å². The molecule has 1 aliphatic heterocycles. The summed E-state index contributed by atoms with van der Waals surface area (Å²) in [7, 11) is 1.69. The molecule has 1 saturated heterocycles. The van der Waals surface area contributed by atoms with Gasteiger partial charge in [0.15, 0.2) is 0 Å². The predicted molar refractivity (Wildman–Crippen MR) is 133 cm³/mol. The van der Waals surface area contributed by atoms with E-state index in [1.54, 1.807) is 23.8 Å². The maximum atomic E-state index is 14.3. The Morgan fingerprint density at radius 2 is 1.64 bits per heavy atom. The van der Waals surface area contributed by atoms with Crippen molar-refractivity contribution in [3.8, 4) is 0 Å². The lowest BCUT2D eigenvalue weighted by Gasteiger charge is -2.47. The van der Waals surface area contributed by atoms with Gasteiger partial charge in [-0.2, -0.15) is 0 Å². The minimum absolute atomic E-state index is 0.115. The molecule has 2 aromatic carbocycles. The maximum absolute atomic E-state index is 14.3. The predicted octanol–water partition coefficient (Wildman–Crippen LogP) is 4.88. The molecule has 1 unspecified atom stereocenters. The molecule has 6 nitrogen and oxygen atoms in total. The second-order valence-electron chi connectivity index (χ2n) is 10.8. The fraction of sp³-hybridized carbons (Fsp3) is 0.500. The monoisotopic (exact) mass is 499 g/mol. The van der Waals surface area contributed by atoms with Crippen molar-refractivity contribution in [2.45, 2.75) is 57.7 Å². The summed E-state index contributed by atoms with van der Waals surface area (Å²) in [6.07, 6.45) is 1.00. The lowest BCUT2D eigenvalue weighted by molar-refractivity contribution is -0.148. The number of benzene rings is 2. The van der Waals surface area contributed by atoms with Gasteiger partial charge in [0.2, 0.25) is 5.91 Å². The molecule has 36 heavy (non-hydrogen) atoms. The van der Waals surface area contributed by atoms with Crippen molar-refractivity contribution >= 4 is 12.0 Å². The molecule has 0 spiro atoms. The summed E-state index contributed by atoms with van der Waals surface area (Å²) in [4.78, 5) is 32.4. The number of fused-ring (bicyclic) bond motifs is 1. The standard InChI is InChI=1S/C28H35F2N3O3/c1-19(21-16-22(29)18-23(30)17-21)31(5)25(34)28(11-10-20-8-6-7-9-24(20)28)33-14-12-32(13-15-33)26(35)36-27(2,3)4/h6-9,16-19H,10-15H2,1-5H3/t19?,28-/m0/s1. The van der Waals surface area contributed by atoms with Crippen molar-refractivity contribution < 1.29 is 23.1 Å². The average Bonchev–Trinajstić information content (AvgIpc) is 3.21. The Labute approximate surface area is 211 Å². The Kier molecular flexibility index (Phi) is 7.10. The van der Waals surface area contributed by atoms with Crippen molar-refractivity contribution in [1.82, 2.24) is 14.7 Å². The van der Waals surface area contributed by atoms with E-state index in [0.717, 1.165) is 23.6 Å². The summed E-state index contributed by atoms with van der Waals surface area (Å²) in [6, 6.07) is 10.8. The van der Waals surface area contributed by atoms with Crippen LogP contribution in [0.2, 0.25) is 0 Å². The van der Waals surface area contributed by atoms with Crippen LogP contribution in [0.25, 0.3) is 0 Å². The van der Waals surface area contributed by atoms with Crippen LogP contribution in [-0.4, -0.2) is 65.5 Å². The minimum atomic E-state index is -0.911. The largest absolute Gasteiger partial charge is 0.444 e. The van der Waals surface area contributed by atoms with E-state index >= 15 is 0 Å². The van der Waals surface area contributed by atoms with Crippen LogP contribution in [0.3, 0.4) is 0 Å². The smallest absolute Gasteiger partial charge is 0.410 e. The highest BCUT2D eigenvalue weighted by molar-refractivity contribution is 5.89. The summed E-state index contributed by atoms with van der Waals surface area (Å²) in [6.45, 7) is 9.21. The van der Waals surface area contributed by atoms with Gasteiger partial charge in [-0.05, 0) is 69.4 Å². The van der Waals surface area contributed by atoms with Crippen LogP contribution >= 0.6 is 0 Å². The molecular weight excluding hydrogens is 464 g/mol. The first-order valence-electron chi connectivity index (χ1n) is 12.5. The van der Waals surface area contributed by atoms with Crippen molar-refractivity contribution in [2.75, 3.05) is 33.2 Å². The number of likely N-dealkylation sites (N-methyl/N-ethyl adjacent to an activating group) is 1. The van der Waals surface area contributed by atoms with Gasteiger partial charge in [-0.1, -0.05) is 24.3 Å². The number of hydrogen-bond donors (Lipinski definition) is 0. The number of piperazine rings is 1. The number of amides is 2. The fourth-order valence-electron chi connectivity index (χ4n) is 5.38. The van der Waals surface area contributed by atoms with Crippen LogP contribution in [0.5, 0.6) is 0 Å². The highest BCUT2D eigenvalue weighted by atomic mass is 19.1. The maximum Gasteiger partial charge on any atom is 0.410 e. The zero-order valence-electron chi connectivity index (χ0n) is 21.7. The molecule has 1 fully saturated rings. The third-order valence-electron chi connectivity index (χ3n) is 7.31. The van der Waals surface area contributed by atoms with E-state index in [-0.39, 0.29) is 12.0 Å². The number of hydrogen-bond acceptors (Lipinski definition) is 4. The number of ether oxygens (including phenoxy) is 1. The quantitative estimate of drug-likeness (QED) is 0.602. The van der Waals surface area contributed by atoms with E-state index in [2.05, 4.69) is 4.90 Å². The average molecular weight is 500 g/mol. The van der Waals surface area contributed by atoms with Crippen molar-refractivity contribution in [2.24, 2.45) is 0 Å². The number of halogens is 2. The molecule has 2 amide bonds. The molecule has 0 aromatic heterocycles. The molecule has 2 aromatic rings. The van der Waals surface area contributed by atoms with Gasteiger partial charge in [-0.3, -0.25) is 9.69 Å². The van der Waals surface area contributed by atoms with Crippen LogP contribution in [0.4, 0.5) is 13.6 Å². The van der Waals surface area contributed by atoms with Crippen LogP contribution in [0.15, 0.2) is 42.5 Å². The van der Waals surface area contributed by atoms with E-state index in [4.69, 9.17) is 4.74 Å². The summed E-state index contributed by atoms with van der Waals surface area (Å²) in [5, 5.41) is 0. The van der Waals surface area contributed by atoms with Gasteiger partial charge in [-0.15, -0.1) is 0 Å². The van der Waals surface area contributed by atoms with Crippen LogP contribution in [0.1, 0.15) is 56.8 Å². The first-order chi connectivity index (χ1) is 16.9. The first-order valence-corrected chi connectivity index (χ1v) is 12.5. The number of carbonyl (C=O) groups is 2. The van der Waals surface area contributed by atoms with Gasteiger partial charge in [0.1, 0.15) is 22.8 Å². The summed E-state index contributed by atoms with van der Waals surface area (Å²) in [5.41, 5.74) is 0.999. The van der Waals surface area contributed by atoms with E-state index in [1.807, 2.05) is 45.0 Å². The Morgan fingerprint density at radius 3 is 2.25 bits per heavy atom. The Balaban J connectivity index is 1.62. The van der Waals surface area contributed by atoms with Crippen LogP contribution in [-0.2, 0) is 21.5 Å². The normalized spacial score (nSPS) is 21.1. The van der Waals surface area contributed by atoms with Gasteiger partial charge in [0.05, 0.1) is 6.04 Å². The highest BCUT2D eigenvalue weighted by Gasteiger charge is 2.52. The lowest BCUT2D eigenvalue weighted by atomic mass is 9.86. The van der Waals surface area contributed by atoms with Crippen LogP contribution in [0, 0.1) is 11.6 Å². The third kappa shape index (κ3) is 4.96. The van der Waals surface area contributed by atoms with Crippen molar-refractivity contribution in [1.29, 1.82) is 0 Å². The van der Waals surface area contributed by atoms with Crippen molar-refractivity contribution in [3.63, 3.8) is 0 Å². The Morgan fingerprint density at radius 1 is 1.03 bits per heavy atom.